The standard InChI is InChI=1S/C12H6Cl4O2S/c1-18-9-4-7(13)5(2-8(9)14)11(17)6-3-10(15)19-12(6)16/h2-4H,1H3. The summed E-state index contributed by atoms with van der Waals surface area (Å²) in [4.78, 5) is 12.3. The molecule has 0 fully saturated rings. The Hall–Kier alpha value is -0.450. The number of halogens is 4. The first kappa shape index (κ1) is 14.9. The van der Waals surface area contributed by atoms with Crippen LogP contribution < -0.4 is 4.74 Å². The molecule has 19 heavy (non-hydrogen) atoms. The minimum Gasteiger partial charge on any atom is -0.495 e. The molecule has 2 aromatic rings. The zero-order valence-electron chi connectivity index (χ0n) is 9.47. The van der Waals surface area contributed by atoms with Crippen LogP contribution in [0.2, 0.25) is 18.7 Å². The first-order chi connectivity index (χ1) is 8.93. The summed E-state index contributed by atoms with van der Waals surface area (Å²) >= 11 is 24.9. The SMILES string of the molecule is COc1cc(Cl)c(C(=O)c2cc(Cl)sc2Cl)cc1Cl. The maximum Gasteiger partial charge on any atom is 0.196 e. The van der Waals surface area contributed by atoms with E-state index < -0.39 is 0 Å². The van der Waals surface area contributed by atoms with E-state index in [4.69, 9.17) is 51.1 Å². The molecular formula is C12H6Cl4O2S. The van der Waals surface area contributed by atoms with E-state index in [0.717, 1.165) is 11.3 Å². The predicted octanol–water partition coefficient (Wildman–Crippen LogP) is 5.60. The molecule has 0 radical (unpaired) electrons. The van der Waals surface area contributed by atoms with Crippen molar-refractivity contribution in [1.29, 1.82) is 0 Å². The van der Waals surface area contributed by atoms with Crippen LogP contribution >= 0.6 is 57.7 Å². The highest BCUT2D eigenvalue weighted by Gasteiger charge is 2.20. The van der Waals surface area contributed by atoms with E-state index in [9.17, 15) is 4.79 Å². The molecule has 0 saturated carbocycles. The van der Waals surface area contributed by atoms with Crippen molar-refractivity contribution >= 4 is 63.5 Å². The Balaban J connectivity index is 2.50. The monoisotopic (exact) mass is 354 g/mol. The third-order valence-corrected chi connectivity index (χ3v) is 4.48. The Morgan fingerprint density at radius 2 is 1.74 bits per heavy atom. The number of ketones is 1. The van der Waals surface area contributed by atoms with Crippen LogP contribution in [0.1, 0.15) is 15.9 Å². The van der Waals surface area contributed by atoms with Crippen LogP contribution in [0.4, 0.5) is 0 Å². The highest BCUT2D eigenvalue weighted by Crippen LogP contribution is 2.36. The first-order valence-corrected chi connectivity index (χ1v) is 7.29. The van der Waals surface area contributed by atoms with Gasteiger partial charge in [-0.1, -0.05) is 46.4 Å². The smallest absolute Gasteiger partial charge is 0.196 e. The lowest BCUT2D eigenvalue weighted by Crippen LogP contribution is -2.02. The topological polar surface area (TPSA) is 26.3 Å². The van der Waals surface area contributed by atoms with Gasteiger partial charge in [-0.3, -0.25) is 4.79 Å². The molecule has 0 aliphatic rings. The van der Waals surface area contributed by atoms with Gasteiger partial charge in [-0.2, -0.15) is 0 Å². The summed E-state index contributed by atoms with van der Waals surface area (Å²) in [7, 11) is 1.47. The summed E-state index contributed by atoms with van der Waals surface area (Å²) in [5.41, 5.74) is 0.559. The molecule has 0 amide bonds. The normalized spacial score (nSPS) is 10.6. The Bertz CT molecular complexity index is 651. The van der Waals surface area contributed by atoms with Gasteiger partial charge in [-0.25, -0.2) is 0 Å². The van der Waals surface area contributed by atoms with E-state index in [2.05, 4.69) is 0 Å². The van der Waals surface area contributed by atoms with Crippen LogP contribution in [0.5, 0.6) is 5.75 Å². The largest absolute Gasteiger partial charge is 0.495 e. The molecule has 100 valence electrons. The molecular weight excluding hydrogens is 350 g/mol. The van der Waals surface area contributed by atoms with Gasteiger partial charge in [0.25, 0.3) is 0 Å². The Morgan fingerprint density at radius 1 is 1.05 bits per heavy atom. The van der Waals surface area contributed by atoms with Crippen LogP contribution in [-0.4, -0.2) is 12.9 Å². The maximum atomic E-state index is 12.3. The summed E-state index contributed by atoms with van der Waals surface area (Å²) in [6, 6.07) is 4.44. The molecule has 1 aromatic heterocycles. The third-order valence-electron chi connectivity index (χ3n) is 2.39. The van der Waals surface area contributed by atoms with E-state index in [1.807, 2.05) is 0 Å². The number of methoxy groups -OCH3 is 1. The lowest BCUT2D eigenvalue weighted by atomic mass is 10.1. The van der Waals surface area contributed by atoms with Crippen molar-refractivity contribution in [3.05, 3.63) is 48.0 Å². The minimum absolute atomic E-state index is 0.240. The number of hydrogen-bond acceptors (Lipinski definition) is 3. The Morgan fingerprint density at radius 3 is 2.26 bits per heavy atom. The van der Waals surface area contributed by atoms with Gasteiger partial charge in [-0.05, 0) is 12.1 Å². The summed E-state index contributed by atoms with van der Waals surface area (Å²) in [5, 5.41) is 0.539. The summed E-state index contributed by atoms with van der Waals surface area (Å²) in [5.74, 6) is 0.0698. The summed E-state index contributed by atoms with van der Waals surface area (Å²) in [6.45, 7) is 0. The van der Waals surface area contributed by atoms with Crippen LogP contribution in [0.3, 0.4) is 0 Å². The minimum atomic E-state index is -0.331. The molecule has 2 rings (SSSR count). The van der Waals surface area contributed by atoms with Gasteiger partial charge in [0.15, 0.2) is 5.78 Å². The van der Waals surface area contributed by atoms with Crippen LogP contribution in [0.15, 0.2) is 18.2 Å². The molecule has 0 spiro atoms. The highest BCUT2D eigenvalue weighted by molar-refractivity contribution is 7.20. The molecule has 0 atom stereocenters. The second-order valence-electron chi connectivity index (χ2n) is 3.53. The van der Waals surface area contributed by atoms with Crippen molar-refractivity contribution in [3.63, 3.8) is 0 Å². The van der Waals surface area contributed by atoms with Gasteiger partial charge in [-0.15, -0.1) is 11.3 Å². The Labute approximate surface area is 133 Å². The number of rotatable bonds is 3. The van der Waals surface area contributed by atoms with Crippen molar-refractivity contribution in [2.24, 2.45) is 0 Å². The molecule has 1 heterocycles. The number of ether oxygens (including phenoxy) is 1. The molecule has 0 saturated heterocycles. The fraction of sp³-hybridized carbons (Fsp3) is 0.0833. The average Bonchev–Trinajstić information content (AvgIpc) is 2.70. The van der Waals surface area contributed by atoms with Gasteiger partial charge in [0.1, 0.15) is 10.1 Å². The van der Waals surface area contributed by atoms with Crippen molar-refractivity contribution < 1.29 is 9.53 Å². The molecule has 0 N–H and O–H groups in total. The quantitative estimate of drug-likeness (QED) is 0.669. The Kier molecular flexibility index (Phi) is 4.64. The van der Waals surface area contributed by atoms with E-state index in [-0.39, 0.29) is 16.4 Å². The molecule has 1 aromatic carbocycles. The average molecular weight is 356 g/mol. The number of carbonyl (C=O) groups excluding carboxylic acids is 1. The lowest BCUT2D eigenvalue weighted by molar-refractivity contribution is 0.103. The zero-order chi connectivity index (χ0) is 14.2. The summed E-state index contributed by atoms with van der Waals surface area (Å²) < 4.78 is 5.77. The van der Waals surface area contributed by atoms with Crippen molar-refractivity contribution in [2.45, 2.75) is 0 Å². The van der Waals surface area contributed by atoms with E-state index in [1.165, 1.54) is 25.3 Å². The van der Waals surface area contributed by atoms with Gasteiger partial charge < -0.3 is 4.74 Å². The number of benzene rings is 1. The lowest BCUT2D eigenvalue weighted by Gasteiger charge is -2.07. The number of thiophene rings is 1. The fourth-order valence-corrected chi connectivity index (χ4v) is 3.44. The number of hydrogen-bond donors (Lipinski definition) is 0. The third kappa shape index (κ3) is 3.01. The van der Waals surface area contributed by atoms with E-state index in [1.54, 1.807) is 0 Å². The zero-order valence-corrected chi connectivity index (χ0v) is 13.3. The van der Waals surface area contributed by atoms with Crippen molar-refractivity contribution in [2.75, 3.05) is 7.11 Å². The second-order valence-corrected chi connectivity index (χ2v) is 6.63. The molecule has 0 bridgehead atoms. The fourth-order valence-electron chi connectivity index (χ4n) is 1.50. The van der Waals surface area contributed by atoms with Gasteiger partial charge in [0.05, 0.1) is 27.1 Å². The second kappa shape index (κ2) is 5.90. The molecule has 0 aliphatic carbocycles. The van der Waals surface area contributed by atoms with Crippen molar-refractivity contribution in [3.8, 4) is 5.75 Å². The summed E-state index contributed by atoms with van der Waals surface area (Å²) in [6.07, 6.45) is 0. The van der Waals surface area contributed by atoms with E-state index in [0.29, 0.717) is 25.0 Å². The maximum absolute atomic E-state index is 12.3. The van der Waals surface area contributed by atoms with Crippen LogP contribution in [-0.2, 0) is 0 Å². The molecule has 0 unspecified atom stereocenters. The highest BCUT2D eigenvalue weighted by atomic mass is 35.5. The van der Waals surface area contributed by atoms with Crippen LogP contribution in [0.25, 0.3) is 0 Å². The van der Waals surface area contributed by atoms with Crippen molar-refractivity contribution in [1.82, 2.24) is 0 Å². The van der Waals surface area contributed by atoms with Gasteiger partial charge in [0.2, 0.25) is 0 Å². The van der Waals surface area contributed by atoms with Crippen LogP contribution in [0, 0.1) is 0 Å². The molecule has 7 heteroatoms. The van der Waals surface area contributed by atoms with Gasteiger partial charge >= 0.3 is 0 Å². The molecule has 2 nitrogen and oxygen atoms in total. The molecule has 0 aliphatic heterocycles. The number of carbonyl (C=O) groups is 1. The predicted molar refractivity (Wildman–Crippen MR) is 80.8 cm³/mol. The van der Waals surface area contributed by atoms with Gasteiger partial charge in [0, 0.05) is 11.6 Å². The van der Waals surface area contributed by atoms with E-state index >= 15 is 0 Å². The first-order valence-electron chi connectivity index (χ1n) is 4.96.